The molecule has 0 atom stereocenters. The second-order valence-electron chi connectivity index (χ2n) is 9.58. The molecule has 0 aliphatic carbocycles. The number of aromatic nitrogens is 2. The number of nitrogens with zero attached hydrogens (tertiary/aromatic N) is 3. The smallest absolute Gasteiger partial charge is 0.433 e. The van der Waals surface area contributed by atoms with E-state index in [-0.39, 0.29) is 12.2 Å². The van der Waals surface area contributed by atoms with E-state index in [0.717, 1.165) is 22.8 Å². The van der Waals surface area contributed by atoms with Gasteiger partial charge in [-0.25, -0.2) is 9.78 Å². The van der Waals surface area contributed by atoms with Gasteiger partial charge in [0.25, 0.3) is 0 Å². The topological polar surface area (TPSA) is 64.5 Å². The van der Waals surface area contributed by atoms with Gasteiger partial charge >= 0.3 is 12.3 Å². The fraction of sp³-hybridized carbons (Fsp3) is 0.370. The first-order chi connectivity index (χ1) is 16.7. The maximum atomic E-state index is 13.3. The Kier molecular flexibility index (Phi) is 7.62. The van der Waals surface area contributed by atoms with Crippen molar-refractivity contribution in [1.29, 1.82) is 0 Å². The zero-order valence-corrected chi connectivity index (χ0v) is 21.4. The van der Waals surface area contributed by atoms with Crippen molar-refractivity contribution in [2.45, 2.75) is 59.9 Å². The van der Waals surface area contributed by atoms with Crippen LogP contribution in [0.1, 0.15) is 48.8 Å². The zero-order chi connectivity index (χ0) is 26.8. The number of pyridine rings is 2. The minimum atomic E-state index is -4.57. The van der Waals surface area contributed by atoms with Gasteiger partial charge in [-0.1, -0.05) is 6.07 Å². The lowest BCUT2D eigenvalue weighted by molar-refractivity contribution is -0.141. The van der Waals surface area contributed by atoms with Gasteiger partial charge in [0.05, 0.1) is 25.0 Å². The highest BCUT2D eigenvalue weighted by atomic mass is 19.4. The van der Waals surface area contributed by atoms with Gasteiger partial charge in [0, 0.05) is 28.6 Å². The Balaban J connectivity index is 2.12. The van der Waals surface area contributed by atoms with Gasteiger partial charge in [0.15, 0.2) is 0 Å². The summed E-state index contributed by atoms with van der Waals surface area (Å²) in [4.78, 5) is 23.0. The van der Waals surface area contributed by atoms with Gasteiger partial charge < -0.3 is 9.47 Å². The number of carbonyl (C=O) groups excluding carboxylic acids is 1. The van der Waals surface area contributed by atoms with Crippen LogP contribution in [0.5, 0.6) is 5.75 Å². The Hall–Kier alpha value is -3.62. The third-order valence-electron chi connectivity index (χ3n) is 5.38. The number of carbonyl (C=O) groups is 1. The van der Waals surface area contributed by atoms with Crippen LogP contribution in [0.25, 0.3) is 11.3 Å². The molecule has 0 N–H and O–H groups in total. The van der Waals surface area contributed by atoms with E-state index in [1.54, 1.807) is 59.2 Å². The maximum Gasteiger partial charge on any atom is 0.433 e. The number of halogens is 3. The molecule has 0 unspecified atom stereocenters. The molecule has 36 heavy (non-hydrogen) atoms. The Morgan fingerprint density at radius 1 is 1.06 bits per heavy atom. The quantitative estimate of drug-likeness (QED) is 0.375. The zero-order valence-electron chi connectivity index (χ0n) is 21.4. The van der Waals surface area contributed by atoms with E-state index in [4.69, 9.17) is 9.47 Å². The number of aryl methyl sites for hydroxylation is 2. The number of benzene rings is 1. The minimum absolute atomic E-state index is 0.0658. The summed E-state index contributed by atoms with van der Waals surface area (Å²) in [5.41, 5.74) is 2.25. The fourth-order valence-corrected chi connectivity index (χ4v) is 3.78. The summed E-state index contributed by atoms with van der Waals surface area (Å²) in [7, 11) is 1.57. The largest absolute Gasteiger partial charge is 0.496 e. The van der Waals surface area contributed by atoms with Crippen LogP contribution in [0.2, 0.25) is 0 Å². The highest BCUT2D eigenvalue weighted by molar-refractivity contribution is 5.89. The number of ether oxygens (including phenoxy) is 2. The summed E-state index contributed by atoms with van der Waals surface area (Å²) < 4.78 is 50.9. The Bertz CT molecular complexity index is 1270. The van der Waals surface area contributed by atoms with Crippen LogP contribution in [0, 0.1) is 20.8 Å². The second-order valence-corrected chi connectivity index (χ2v) is 9.58. The molecule has 0 aliphatic heterocycles. The van der Waals surface area contributed by atoms with E-state index in [2.05, 4.69) is 9.97 Å². The van der Waals surface area contributed by atoms with E-state index in [1.165, 1.54) is 17.0 Å². The van der Waals surface area contributed by atoms with E-state index in [9.17, 15) is 18.0 Å². The first-order valence-corrected chi connectivity index (χ1v) is 11.4. The molecule has 3 rings (SSSR count). The molecule has 0 saturated carbocycles. The number of hydrogen-bond acceptors (Lipinski definition) is 5. The number of alkyl halides is 3. The summed E-state index contributed by atoms with van der Waals surface area (Å²) in [5.74, 6) is 0.669. The Morgan fingerprint density at radius 3 is 2.36 bits per heavy atom. The average Bonchev–Trinajstić information content (AvgIpc) is 2.77. The lowest BCUT2D eigenvalue weighted by Crippen LogP contribution is -2.37. The van der Waals surface area contributed by atoms with Crippen LogP contribution < -0.4 is 9.64 Å². The molecule has 1 amide bonds. The fourth-order valence-electron chi connectivity index (χ4n) is 3.78. The third-order valence-corrected chi connectivity index (χ3v) is 5.38. The van der Waals surface area contributed by atoms with Crippen molar-refractivity contribution in [3.8, 4) is 17.0 Å². The van der Waals surface area contributed by atoms with Gasteiger partial charge in [-0.3, -0.25) is 9.88 Å². The monoisotopic (exact) mass is 501 g/mol. The Labute approximate surface area is 209 Å². The van der Waals surface area contributed by atoms with Crippen LogP contribution in [0.15, 0.2) is 42.6 Å². The second kappa shape index (κ2) is 10.2. The third kappa shape index (κ3) is 6.33. The standard InChI is InChI=1S/C27H30F3N3O3/c1-16-11-19(21-9-8-10-23(32-21)27(28,29)30)13-20(12-16)33(25(34)36-26(4,5)6)15-22-18(3)24(35-7)17(2)14-31-22/h8-14H,15H2,1-7H3. The number of rotatable bonds is 5. The van der Waals surface area contributed by atoms with Crippen molar-refractivity contribution >= 4 is 11.8 Å². The van der Waals surface area contributed by atoms with Crippen molar-refractivity contribution in [3.63, 3.8) is 0 Å². The molecule has 0 bridgehead atoms. The van der Waals surface area contributed by atoms with E-state index < -0.39 is 23.6 Å². The van der Waals surface area contributed by atoms with Crippen molar-refractivity contribution in [3.05, 3.63) is 70.7 Å². The van der Waals surface area contributed by atoms with E-state index in [0.29, 0.717) is 22.7 Å². The molecular formula is C27H30F3N3O3. The molecule has 192 valence electrons. The molecule has 9 heteroatoms. The molecule has 2 heterocycles. The molecule has 0 spiro atoms. The lowest BCUT2D eigenvalue weighted by atomic mass is 10.0. The van der Waals surface area contributed by atoms with Gasteiger partial charge in [-0.15, -0.1) is 0 Å². The van der Waals surface area contributed by atoms with Gasteiger partial charge in [-0.05, 0) is 77.4 Å². The SMILES string of the molecule is COc1c(C)cnc(CN(C(=O)OC(C)(C)C)c2cc(C)cc(-c3cccc(C(F)(F)F)n3)c2)c1C. The molecule has 2 aromatic heterocycles. The molecule has 1 aromatic carbocycles. The molecule has 0 radical (unpaired) electrons. The van der Waals surface area contributed by atoms with Crippen LogP contribution in [0.4, 0.5) is 23.7 Å². The summed E-state index contributed by atoms with van der Waals surface area (Å²) in [6.07, 6.45) is -3.52. The van der Waals surface area contributed by atoms with E-state index >= 15 is 0 Å². The normalized spacial score (nSPS) is 11.8. The van der Waals surface area contributed by atoms with Crippen molar-refractivity contribution in [1.82, 2.24) is 9.97 Å². The number of amides is 1. The molecule has 3 aromatic rings. The van der Waals surface area contributed by atoms with Crippen LogP contribution in [-0.4, -0.2) is 28.8 Å². The average molecular weight is 502 g/mol. The summed E-state index contributed by atoms with van der Waals surface area (Å²) in [6, 6.07) is 8.85. The summed E-state index contributed by atoms with van der Waals surface area (Å²) in [6.45, 7) is 10.9. The molecule has 6 nitrogen and oxygen atoms in total. The maximum absolute atomic E-state index is 13.3. The van der Waals surface area contributed by atoms with Crippen molar-refractivity contribution in [2.24, 2.45) is 0 Å². The summed E-state index contributed by atoms with van der Waals surface area (Å²) >= 11 is 0. The molecule has 0 fully saturated rings. The van der Waals surface area contributed by atoms with Crippen molar-refractivity contribution in [2.75, 3.05) is 12.0 Å². The number of methoxy groups -OCH3 is 1. The first-order valence-electron chi connectivity index (χ1n) is 11.4. The van der Waals surface area contributed by atoms with Gasteiger partial charge in [0.2, 0.25) is 0 Å². The van der Waals surface area contributed by atoms with Gasteiger partial charge in [-0.2, -0.15) is 13.2 Å². The van der Waals surface area contributed by atoms with Gasteiger partial charge in [0.1, 0.15) is 17.0 Å². The molecule has 0 aliphatic rings. The lowest BCUT2D eigenvalue weighted by Gasteiger charge is -2.28. The van der Waals surface area contributed by atoms with Crippen LogP contribution in [-0.2, 0) is 17.5 Å². The van der Waals surface area contributed by atoms with Crippen LogP contribution >= 0.6 is 0 Å². The predicted octanol–water partition coefficient (Wildman–Crippen LogP) is 7.04. The Morgan fingerprint density at radius 2 is 1.75 bits per heavy atom. The van der Waals surface area contributed by atoms with E-state index in [1.807, 2.05) is 13.8 Å². The highest BCUT2D eigenvalue weighted by Gasteiger charge is 2.32. The molecule has 0 saturated heterocycles. The predicted molar refractivity (Wildman–Crippen MR) is 132 cm³/mol. The highest BCUT2D eigenvalue weighted by Crippen LogP contribution is 2.33. The first kappa shape index (κ1) is 27.0. The van der Waals surface area contributed by atoms with Crippen LogP contribution in [0.3, 0.4) is 0 Å². The van der Waals surface area contributed by atoms with Crippen molar-refractivity contribution < 1.29 is 27.4 Å². The number of hydrogen-bond donors (Lipinski definition) is 0. The molecular weight excluding hydrogens is 471 g/mol. The summed E-state index contributed by atoms with van der Waals surface area (Å²) in [5, 5.41) is 0. The number of anilines is 1. The minimum Gasteiger partial charge on any atom is -0.496 e.